The molecule has 1 aromatic heterocycles. The molecule has 1 aromatic carbocycles. The first-order valence-corrected chi connectivity index (χ1v) is 8.65. The second kappa shape index (κ2) is 7.21. The Hall–Kier alpha value is -2.43. The molecule has 1 heterocycles. The van der Waals surface area contributed by atoms with Crippen LogP contribution in [0.15, 0.2) is 18.2 Å². The number of nitrogens with zero attached hydrogens (tertiary/aromatic N) is 1. The lowest BCUT2D eigenvalue weighted by Gasteiger charge is -2.07. The van der Waals surface area contributed by atoms with E-state index in [0.717, 1.165) is 35.8 Å². The largest absolute Gasteiger partial charge is 0.452 e. The summed E-state index contributed by atoms with van der Waals surface area (Å²) in [7, 11) is 0. The number of esters is 1. The van der Waals surface area contributed by atoms with E-state index in [2.05, 4.69) is 11.4 Å². The van der Waals surface area contributed by atoms with E-state index < -0.39 is 24.3 Å². The van der Waals surface area contributed by atoms with Crippen LogP contribution in [-0.2, 0) is 22.4 Å². The fraction of sp³-hybridized carbons (Fsp3) is 0.235. The molecule has 0 spiro atoms. The Kier molecular flexibility index (Phi) is 5.02. The minimum atomic E-state index is -0.960. The molecule has 3 rings (SSSR count). The van der Waals surface area contributed by atoms with Crippen molar-refractivity contribution in [3.05, 3.63) is 50.6 Å². The molecule has 0 atom stereocenters. The smallest absolute Gasteiger partial charge is 0.341 e. The van der Waals surface area contributed by atoms with Gasteiger partial charge in [-0.1, -0.05) is 11.6 Å². The van der Waals surface area contributed by atoms with Crippen molar-refractivity contribution >= 4 is 39.8 Å². The van der Waals surface area contributed by atoms with E-state index in [1.165, 1.54) is 23.5 Å². The van der Waals surface area contributed by atoms with Crippen molar-refractivity contribution < 1.29 is 18.7 Å². The third-order valence-corrected chi connectivity index (χ3v) is 5.21. The maximum atomic E-state index is 13.6. The van der Waals surface area contributed by atoms with Crippen LogP contribution in [0, 0.1) is 17.1 Å². The number of thiophene rings is 1. The summed E-state index contributed by atoms with van der Waals surface area (Å²) < 4.78 is 18.5. The van der Waals surface area contributed by atoms with Crippen LogP contribution in [0.3, 0.4) is 0 Å². The molecule has 1 aliphatic rings. The van der Waals surface area contributed by atoms with Gasteiger partial charge in [0, 0.05) is 9.90 Å². The molecule has 0 saturated carbocycles. The highest BCUT2D eigenvalue weighted by Crippen LogP contribution is 2.38. The quantitative estimate of drug-likeness (QED) is 0.823. The molecule has 0 bridgehead atoms. The summed E-state index contributed by atoms with van der Waals surface area (Å²) in [6.45, 7) is -0.575. The number of hydrogen-bond donors (Lipinski definition) is 1. The predicted octanol–water partition coefficient (Wildman–Crippen LogP) is 3.70. The zero-order chi connectivity index (χ0) is 18.0. The van der Waals surface area contributed by atoms with E-state index in [1.54, 1.807) is 0 Å². The van der Waals surface area contributed by atoms with E-state index in [-0.39, 0.29) is 10.6 Å². The van der Waals surface area contributed by atoms with Gasteiger partial charge in [-0.25, -0.2) is 9.18 Å². The number of halogens is 2. The molecule has 1 N–H and O–H groups in total. The number of hydrogen-bond acceptors (Lipinski definition) is 5. The van der Waals surface area contributed by atoms with Gasteiger partial charge in [-0.15, -0.1) is 11.3 Å². The van der Waals surface area contributed by atoms with Crippen molar-refractivity contribution in [1.29, 1.82) is 5.26 Å². The van der Waals surface area contributed by atoms with Gasteiger partial charge in [-0.2, -0.15) is 5.26 Å². The lowest BCUT2D eigenvalue weighted by molar-refractivity contribution is -0.119. The standard InChI is InChI=1S/C17H12ClFN2O3S/c18-9-4-5-11(13(19)6-9)17(23)24-8-15(22)21-16-12(7-20)10-2-1-3-14(10)25-16/h4-6H,1-3,8H2,(H,21,22). The number of anilines is 1. The average molecular weight is 379 g/mol. The molecule has 0 saturated heterocycles. The number of nitriles is 1. The first-order valence-electron chi connectivity index (χ1n) is 7.46. The number of carbonyl (C=O) groups excluding carboxylic acids is 2. The Morgan fingerprint density at radius 2 is 2.20 bits per heavy atom. The second-order valence-corrected chi connectivity index (χ2v) is 6.96. The van der Waals surface area contributed by atoms with Crippen LogP contribution in [0.5, 0.6) is 0 Å². The summed E-state index contributed by atoms with van der Waals surface area (Å²) >= 11 is 6.98. The minimum Gasteiger partial charge on any atom is -0.452 e. The summed E-state index contributed by atoms with van der Waals surface area (Å²) in [6.07, 6.45) is 2.74. The summed E-state index contributed by atoms with van der Waals surface area (Å²) in [4.78, 5) is 24.9. The van der Waals surface area contributed by atoms with Crippen LogP contribution in [0.1, 0.15) is 32.8 Å². The third-order valence-electron chi connectivity index (χ3n) is 3.77. The maximum absolute atomic E-state index is 13.6. The van der Waals surface area contributed by atoms with Crippen LogP contribution in [0.4, 0.5) is 9.39 Å². The summed E-state index contributed by atoms with van der Waals surface area (Å²) in [5, 5.41) is 12.5. The number of ether oxygens (including phenoxy) is 1. The first kappa shape index (κ1) is 17.4. The molecule has 1 aliphatic carbocycles. The molecule has 0 fully saturated rings. The van der Waals surface area contributed by atoms with Crippen molar-refractivity contribution in [2.45, 2.75) is 19.3 Å². The molecule has 5 nitrogen and oxygen atoms in total. The van der Waals surface area contributed by atoms with Crippen LogP contribution in [0.2, 0.25) is 5.02 Å². The molecule has 0 radical (unpaired) electrons. The predicted molar refractivity (Wildman–Crippen MR) is 91.4 cm³/mol. The average Bonchev–Trinajstić information content (AvgIpc) is 3.13. The molecule has 1 amide bonds. The summed E-state index contributed by atoms with van der Waals surface area (Å²) in [5.41, 5.74) is 1.16. The zero-order valence-electron chi connectivity index (χ0n) is 12.9. The number of fused-ring (bicyclic) bond motifs is 1. The zero-order valence-corrected chi connectivity index (χ0v) is 14.5. The van der Waals surface area contributed by atoms with E-state index >= 15 is 0 Å². The lowest BCUT2D eigenvalue weighted by atomic mass is 10.1. The van der Waals surface area contributed by atoms with Crippen molar-refractivity contribution in [3.63, 3.8) is 0 Å². The Morgan fingerprint density at radius 3 is 2.92 bits per heavy atom. The second-order valence-electron chi connectivity index (χ2n) is 5.42. The highest BCUT2D eigenvalue weighted by atomic mass is 35.5. The maximum Gasteiger partial charge on any atom is 0.341 e. The van der Waals surface area contributed by atoms with Gasteiger partial charge in [-0.05, 0) is 43.0 Å². The SMILES string of the molecule is N#Cc1c(NC(=O)COC(=O)c2ccc(Cl)cc2F)sc2c1CCC2. The number of rotatable bonds is 4. The molecule has 128 valence electrons. The number of nitrogens with one attached hydrogen (secondary N) is 1. The van der Waals surface area contributed by atoms with Gasteiger partial charge >= 0.3 is 5.97 Å². The van der Waals surface area contributed by atoms with Crippen molar-refractivity contribution in [1.82, 2.24) is 0 Å². The van der Waals surface area contributed by atoms with Crippen LogP contribution in [0.25, 0.3) is 0 Å². The lowest BCUT2D eigenvalue weighted by Crippen LogP contribution is -2.21. The Morgan fingerprint density at radius 1 is 1.40 bits per heavy atom. The van der Waals surface area contributed by atoms with Crippen molar-refractivity contribution in [2.75, 3.05) is 11.9 Å². The summed E-state index contributed by atoms with van der Waals surface area (Å²) in [5.74, 6) is -2.36. The monoisotopic (exact) mass is 378 g/mol. The molecule has 0 aliphatic heterocycles. The number of benzene rings is 1. The van der Waals surface area contributed by atoms with Gasteiger partial charge in [0.15, 0.2) is 6.61 Å². The van der Waals surface area contributed by atoms with Gasteiger partial charge in [0.2, 0.25) is 0 Å². The number of carbonyl (C=O) groups is 2. The number of amides is 1. The topological polar surface area (TPSA) is 79.2 Å². The van der Waals surface area contributed by atoms with Crippen molar-refractivity contribution in [2.24, 2.45) is 0 Å². The van der Waals surface area contributed by atoms with Gasteiger partial charge in [0.1, 0.15) is 16.9 Å². The van der Waals surface area contributed by atoms with Crippen LogP contribution >= 0.6 is 22.9 Å². The van der Waals surface area contributed by atoms with Crippen LogP contribution in [-0.4, -0.2) is 18.5 Å². The third kappa shape index (κ3) is 3.65. The Bertz CT molecular complexity index is 904. The minimum absolute atomic E-state index is 0.154. The van der Waals surface area contributed by atoms with Gasteiger partial charge in [0.05, 0.1) is 11.1 Å². The van der Waals surface area contributed by atoms with Gasteiger partial charge in [0.25, 0.3) is 5.91 Å². The molecule has 2 aromatic rings. The first-order chi connectivity index (χ1) is 12.0. The highest BCUT2D eigenvalue weighted by Gasteiger charge is 2.23. The van der Waals surface area contributed by atoms with E-state index in [1.807, 2.05) is 0 Å². The van der Waals surface area contributed by atoms with Crippen molar-refractivity contribution in [3.8, 4) is 6.07 Å². The van der Waals surface area contributed by atoms with Crippen LogP contribution < -0.4 is 5.32 Å². The van der Waals surface area contributed by atoms with Gasteiger partial charge < -0.3 is 10.1 Å². The number of aryl methyl sites for hydroxylation is 1. The fourth-order valence-electron chi connectivity index (χ4n) is 2.64. The molecule has 0 unspecified atom stereocenters. The van der Waals surface area contributed by atoms with E-state index in [0.29, 0.717) is 10.6 Å². The fourth-order valence-corrected chi connectivity index (χ4v) is 4.05. The Labute approximate surface area is 152 Å². The molecular formula is C17H12ClFN2O3S. The summed E-state index contributed by atoms with van der Waals surface area (Å²) in [6, 6.07) is 5.65. The highest BCUT2D eigenvalue weighted by molar-refractivity contribution is 7.16. The van der Waals surface area contributed by atoms with Gasteiger partial charge in [-0.3, -0.25) is 4.79 Å². The normalized spacial score (nSPS) is 12.4. The molecular weight excluding hydrogens is 367 g/mol. The molecule has 8 heteroatoms. The van der Waals surface area contributed by atoms with E-state index in [4.69, 9.17) is 16.3 Å². The molecule has 25 heavy (non-hydrogen) atoms. The van der Waals surface area contributed by atoms with E-state index in [9.17, 15) is 19.2 Å². The Balaban J connectivity index is 1.62.